The van der Waals surface area contributed by atoms with Gasteiger partial charge in [0.25, 0.3) is 10.0 Å². The van der Waals surface area contributed by atoms with E-state index in [2.05, 4.69) is 5.32 Å². The lowest BCUT2D eigenvalue weighted by Gasteiger charge is -2.31. The van der Waals surface area contributed by atoms with Gasteiger partial charge in [0.2, 0.25) is 11.8 Å². The van der Waals surface area contributed by atoms with Gasteiger partial charge in [-0.05, 0) is 80.1 Å². The van der Waals surface area contributed by atoms with Gasteiger partial charge in [-0.3, -0.25) is 13.9 Å². The van der Waals surface area contributed by atoms with E-state index < -0.39 is 28.5 Å². The Morgan fingerprint density at radius 1 is 0.814 bits per heavy atom. The number of hydrogen-bond acceptors (Lipinski definition) is 6. The SMILES string of the molecule is CNC(=O)C(C)N(Cc1ccc(OC)cc1)C(=O)CN(c1ccc(Oc2ccccc2)cc1)S(=O)(=O)c1ccc(C)cc1. The number of carbonyl (C=O) groups excluding carboxylic acids is 2. The molecule has 9 nitrogen and oxygen atoms in total. The summed E-state index contributed by atoms with van der Waals surface area (Å²) in [6, 6.07) is 28.3. The van der Waals surface area contributed by atoms with Crippen molar-refractivity contribution in [2.45, 2.75) is 31.3 Å². The summed E-state index contributed by atoms with van der Waals surface area (Å²) >= 11 is 0. The minimum Gasteiger partial charge on any atom is -0.497 e. The second-order valence-electron chi connectivity index (χ2n) is 9.89. The standard InChI is InChI=1S/C33H35N3O6S/c1-24-10-20-31(21-11-24)43(39,40)36(27-14-18-30(19-15-27)42-29-8-6-5-7-9-29)23-32(37)35(25(2)33(38)34-3)22-26-12-16-28(41-4)17-13-26/h5-21,25H,22-23H2,1-4H3,(H,34,38). The molecule has 0 heterocycles. The molecule has 43 heavy (non-hydrogen) atoms. The van der Waals surface area contributed by atoms with E-state index in [1.165, 1.54) is 24.1 Å². The predicted molar refractivity (Wildman–Crippen MR) is 166 cm³/mol. The average Bonchev–Trinajstić information content (AvgIpc) is 3.03. The van der Waals surface area contributed by atoms with Crippen molar-refractivity contribution in [1.82, 2.24) is 10.2 Å². The molecule has 1 N–H and O–H groups in total. The molecule has 0 aliphatic carbocycles. The monoisotopic (exact) mass is 601 g/mol. The molecule has 0 bridgehead atoms. The first-order valence-electron chi connectivity index (χ1n) is 13.7. The maximum atomic E-state index is 14.0. The Labute approximate surface area is 252 Å². The number of nitrogens with one attached hydrogen (secondary N) is 1. The molecule has 0 fully saturated rings. The maximum absolute atomic E-state index is 14.0. The molecule has 0 saturated carbocycles. The van der Waals surface area contributed by atoms with E-state index in [1.807, 2.05) is 37.3 Å². The Hall–Kier alpha value is -4.83. The van der Waals surface area contributed by atoms with E-state index in [9.17, 15) is 18.0 Å². The minimum atomic E-state index is -4.18. The van der Waals surface area contributed by atoms with Gasteiger partial charge >= 0.3 is 0 Å². The number of ether oxygens (including phenoxy) is 2. The number of hydrogen-bond donors (Lipinski definition) is 1. The second-order valence-corrected chi connectivity index (χ2v) is 11.8. The van der Waals surface area contributed by atoms with E-state index >= 15 is 0 Å². The minimum absolute atomic E-state index is 0.0385. The zero-order valence-corrected chi connectivity index (χ0v) is 25.4. The fraction of sp³-hybridized carbons (Fsp3) is 0.212. The van der Waals surface area contributed by atoms with Crippen LogP contribution < -0.4 is 19.1 Å². The number of sulfonamides is 1. The van der Waals surface area contributed by atoms with Gasteiger partial charge in [-0.15, -0.1) is 0 Å². The summed E-state index contributed by atoms with van der Waals surface area (Å²) in [5, 5.41) is 2.58. The number of anilines is 1. The van der Waals surface area contributed by atoms with Crippen LogP contribution in [0.4, 0.5) is 5.69 Å². The molecule has 0 aromatic heterocycles. The first-order chi connectivity index (χ1) is 20.6. The van der Waals surface area contributed by atoms with Crippen LogP contribution in [0.3, 0.4) is 0 Å². The number of nitrogens with zero attached hydrogens (tertiary/aromatic N) is 2. The summed E-state index contributed by atoms with van der Waals surface area (Å²) < 4.78 is 40.2. The molecule has 4 aromatic rings. The Morgan fingerprint density at radius 3 is 1.98 bits per heavy atom. The highest BCUT2D eigenvalue weighted by Crippen LogP contribution is 2.29. The highest BCUT2D eigenvalue weighted by atomic mass is 32.2. The normalized spacial score (nSPS) is 11.7. The van der Waals surface area contributed by atoms with Crippen molar-refractivity contribution in [1.29, 1.82) is 0 Å². The van der Waals surface area contributed by atoms with Crippen molar-refractivity contribution in [3.05, 3.63) is 114 Å². The number of rotatable bonds is 12. The summed E-state index contributed by atoms with van der Waals surface area (Å²) in [5.74, 6) is 0.857. The van der Waals surface area contributed by atoms with Crippen LogP contribution in [0, 0.1) is 6.92 Å². The summed E-state index contributed by atoms with van der Waals surface area (Å²) in [5.41, 5.74) is 1.92. The number of aryl methyl sites for hydroxylation is 1. The zero-order chi connectivity index (χ0) is 31.0. The van der Waals surface area contributed by atoms with Crippen LogP contribution in [0.25, 0.3) is 0 Å². The zero-order valence-electron chi connectivity index (χ0n) is 24.6. The molecule has 2 amide bonds. The van der Waals surface area contributed by atoms with Crippen molar-refractivity contribution in [3.8, 4) is 17.2 Å². The van der Waals surface area contributed by atoms with Crippen molar-refractivity contribution in [3.63, 3.8) is 0 Å². The number of para-hydroxylation sites is 1. The molecular formula is C33H35N3O6S. The lowest BCUT2D eigenvalue weighted by Crippen LogP contribution is -2.50. The molecule has 224 valence electrons. The molecule has 4 aromatic carbocycles. The van der Waals surface area contributed by atoms with Crippen LogP contribution >= 0.6 is 0 Å². The lowest BCUT2D eigenvalue weighted by molar-refractivity contribution is -0.139. The Bertz CT molecular complexity index is 1630. The third-order valence-corrected chi connectivity index (χ3v) is 8.71. The van der Waals surface area contributed by atoms with Crippen molar-refractivity contribution < 1.29 is 27.5 Å². The largest absolute Gasteiger partial charge is 0.497 e. The predicted octanol–water partition coefficient (Wildman–Crippen LogP) is 5.15. The number of benzene rings is 4. The van der Waals surface area contributed by atoms with Gasteiger partial charge in [-0.2, -0.15) is 0 Å². The smallest absolute Gasteiger partial charge is 0.264 e. The van der Waals surface area contributed by atoms with Gasteiger partial charge in [-0.25, -0.2) is 8.42 Å². The first-order valence-corrected chi connectivity index (χ1v) is 15.1. The van der Waals surface area contributed by atoms with Crippen LogP contribution in [-0.2, 0) is 26.2 Å². The van der Waals surface area contributed by atoms with Crippen LogP contribution in [0.15, 0.2) is 108 Å². The molecule has 1 atom stereocenters. The highest BCUT2D eigenvalue weighted by Gasteiger charge is 2.32. The third kappa shape index (κ3) is 7.72. The van der Waals surface area contributed by atoms with E-state index in [0.29, 0.717) is 17.2 Å². The molecule has 4 rings (SSSR count). The van der Waals surface area contributed by atoms with Crippen molar-refractivity contribution in [2.75, 3.05) is 25.0 Å². The summed E-state index contributed by atoms with van der Waals surface area (Å²) in [6.07, 6.45) is 0. The fourth-order valence-corrected chi connectivity index (χ4v) is 5.80. The highest BCUT2D eigenvalue weighted by molar-refractivity contribution is 7.92. The summed E-state index contributed by atoms with van der Waals surface area (Å²) in [6.45, 7) is 3.02. The summed E-state index contributed by atoms with van der Waals surface area (Å²) in [4.78, 5) is 28.0. The maximum Gasteiger partial charge on any atom is 0.264 e. The molecule has 0 spiro atoms. The van der Waals surface area contributed by atoms with Crippen LogP contribution in [0.5, 0.6) is 17.2 Å². The van der Waals surface area contributed by atoms with Gasteiger partial charge < -0.3 is 19.7 Å². The van der Waals surface area contributed by atoms with Gasteiger partial charge in [0.1, 0.15) is 29.8 Å². The van der Waals surface area contributed by atoms with E-state index in [1.54, 1.807) is 74.7 Å². The second kappa shape index (κ2) is 13.9. The third-order valence-electron chi connectivity index (χ3n) is 6.92. The van der Waals surface area contributed by atoms with Crippen LogP contribution in [0.1, 0.15) is 18.1 Å². The van der Waals surface area contributed by atoms with Gasteiger partial charge in [-0.1, -0.05) is 48.0 Å². The van der Waals surface area contributed by atoms with Gasteiger partial charge in [0.05, 0.1) is 17.7 Å². The fourth-order valence-electron chi connectivity index (χ4n) is 4.39. The molecule has 1 unspecified atom stereocenters. The Balaban J connectivity index is 1.69. The molecule has 0 radical (unpaired) electrons. The van der Waals surface area contributed by atoms with E-state index in [4.69, 9.17) is 9.47 Å². The Morgan fingerprint density at radius 2 is 1.40 bits per heavy atom. The quantitative estimate of drug-likeness (QED) is 0.241. The topological polar surface area (TPSA) is 105 Å². The number of likely N-dealkylation sites (N-methyl/N-ethyl adjacent to an activating group) is 1. The van der Waals surface area contributed by atoms with Gasteiger partial charge in [0, 0.05) is 13.6 Å². The average molecular weight is 602 g/mol. The van der Waals surface area contributed by atoms with Crippen molar-refractivity contribution in [2.24, 2.45) is 0 Å². The van der Waals surface area contributed by atoms with Crippen LogP contribution in [0.2, 0.25) is 0 Å². The molecular weight excluding hydrogens is 566 g/mol. The molecule has 10 heteroatoms. The van der Waals surface area contributed by atoms with E-state index in [0.717, 1.165) is 15.4 Å². The molecule has 0 aliphatic heterocycles. The molecule has 0 aliphatic rings. The number of methoxy groups -OCH3 is 1. The van der Waals surface area contributed by atoms with Crippen LogP contribution in [-0.4, -0.2) is 51.9 Å². The van der Waals surface area contributed by atoms with E-state index in [-0.39, 0.29) is 23.0 Å². The lowest BCUT2D eigenvalue weighted by atomic mass is 10.1. The number of carbonyl (C=O) groups is 2. The summed E-state index contributed by atoms with van der Waals surface area (Å²) in [7, 11) is -1.13. The van der Waals surface area contributed by atoms with Gasteiger partial charge in [0.15, 0.2) is 0 Å². The van der Waals surface area contributed by atoms with Crippen molar-refractivity contribution >= 4 is 27.5 Å². The number of amides is 2. The first kappa shape index (κ1) is 31.1. The Kier molecular flexibility index (Phi) is 10.0. The molecule has 0 saturated heterocycles.